The topological polar surface area (TPSA) is 69.6 Å². The Kier molecular flexibility index (Phi) is 2.16. The number of rotatable bonds is 1. The van der Waals surface area contributed by atoms with Crippen molar-refractivity contribution in [1.82, 2.24) is 10.2 Å². The van der Waals surface area contributed by atoms with Crippen LogP contribution in [-0.4, -0.2) is 41.5 Å². The SMILES string of the molecule is O=C(O)c1ccc2c(c1)C1CNCCN1C2=O. The van der Waals surface area contributed by atoms with Gasteiger partial charge >= 0.3 is 5.97 Å². The Morgan fingerprint density at radius 2 is 2.29 bits per heavy atom. The molecule has 1 amide bonds. The molecule has 0 aliphatic carbocycles. The van der Waals surface area contributed by atoms with Crippen molar-refractivity contribution in [3.8, 4) is 0 Å². The Balaban J connectivity index is 2.09. The Hall–Kier alpha value is -1.88. The maximum Gasteiger partial charge on any atom is 0.335 e. The molecule has 5 nitrogen and oxygen atoms in total. The van der Waals surface area contributed by atoms with Gasteiger partial charge in [0.2, 0.25) is 0 Å². The zero-order valence-electron chi connectivity index (χ0n) is 9.14. The van der Waals surface area contributed by atoms with Crippen molar-refractivity contribution in [1.29, 1.82) is 0 Å². The molecular formula is C12H12N2O3. The minimum Gasteiger partial charge on any atom is -0.478 e. The van der Waals surface area contributed by atoms with Gasteiger partial charge in [-0.05, 0) is 23.8 Å². The summed E-state index contributed by atoms with van der Waals surface area (Å²) in [5, 5.41) is 12.2. The van der Waals surface area contributed by atoms with Crippen LogP contribution in [0.1, 0.15) is 32.3 Å². The molecule has 1 fully saturated rings. The number of piperazine rings is 1. The van der Waals surface area contributed by atoms with Crippen LogP contribution in [0.15, 0.2) is 18.2 Å². The highest BCUT2D eigenvalue weighted by Crippen LogP contribution is 2.34. The first-order chi connectivity index (χ1) is 8.18. The highest BCUT2D eigenvalue weighted by atomic mass is 16.4. The van der Waals surface area contributed by atoms with E-state index in [4.69, 9.17) is 5.11 Å². The van der Waals surface area contributed by atoms with Gasteiger partial charge in [-0.15, -0.1) is 0 Å². The molecule has 2 aliphatic heterocycles. The van der Waals surface area contributed by atoms with Crippen LogP contribution in [0.25, 0.3) is 0 Å². The van der Waals surface area contributed by atoms with Gasteiger partial charge in [0.05, 0.1) is 11.6 Å². The van der Waals surface area contributed by atoms with Crippen molar-refractivity contribution in [2.24, 2.45) is 0 Å². The zero-order chi connectivity index (χ0) is 12.0. The molecule has 0 spiro atoms. The maximum atomic E-state index is 12.1. The first-order valence-electron chi connectivity index (χ1n) is 5.57. The summed E-state index contributed by atoms with van der Waals surface area (Å²) in [4.78, 5) is 24.8. The van der Waals surface area contributed by atoms with Gasteiger partial charge in [-0.1, -0.05) is 0 Å². The summed E-state index contributed by atoms with van der Waals surface area (Å²) < 4.78 is 0. The molecule has 1 aromatic rings. The van der Waals surface area contributed by atoms with Crippen LogP contribution in [0.5, 0.6) is 0 Å². The van der Waals surface area contributed by atoms with Crippen molar-refractivity contribution in [2.75, 3.05) is 19.6 Å². The Morgan fingerprint density at radius 1 is 1.47 bits per heavy atom. The molecule has 2 N–H and O–H groups in total. The van der Waals surface area contributed by atoms with E-state index in [1.165, 1.54) is 6.07 Å². The second-order valence-electron chi connectivity index (χ2n) is 4.33. The van der Waals surface area contributed by atoms with E-state index < -0.39 is 5.97 Å². The minimum atomic E-state index is -0.956. The average molecular weight is 232 g/mol. The fourth-order valence-corrected chi connectivity index (χ4v) is 2.55. The number of fused-ring (bicyclic) bond motifs is 3. The third-order valence-electron chi connectivity index (χ3n) is 3.39. The summed E-state index contributed by atoms with van der Waals surface area (Å²) in [7, 11) is 0. The largest absolute Gasteiger partial charge is 0.478 e. The molecule has 88 valence electrons. The van der Waals surface area contributed by atoms with Crippen LogP contribution in [0, 0.1) is 0 Å². The van der Waals surface area contributed by atoms with Gasteiger partial charge in [0, 0.05) is 25.2 Å². The van der Waals surface area contributed by atoms with E-state index in [0.717, 1.165) is 12.1 Å². The molecule has 1 saturated heterocycles. The lowest BCUT2D eigenvalue weighted by molar-refractivity contribution is 0.0687. The predicted molar refractivity (Wildman–Crippen MR) is 60.0 cm³/mol. The van der Waals surface area contributed by atoms with E-state index in [0.29, 0.717) is 18.7 Å². The first kappa shape index (κ1) is 10.3. The second kappa shape index (κ2) is 3.56. The van der Waals surface area contributed by atoms with E-state index in [1.807, 2.05) is 4.90 Å². The van der Waals surface area contributed by atoms with E-state index in [9.17, 15) is 9.59 Å². The van der Waals surface area contributed by atoms with Crippen LogP contribution in [0.3, 0.4) is 0 Å². The summed E-state index contributed by atoms with van der Waals surface area (Å²) >= 11 is 0. The third kappa shape index (κ3) is 1.43. The fourth-order valence-electron chi connectivity index (χ4n) is 2.55. The van der Waals surface area contributed by atoms with Crippen LogP contribution < -0.4 is 5.32 Å². The minimum absolute atomic E-state index is 0.00875. The number of hydrogen-bond acceptors (Lipinski definition) is 3. The van der Waals surface area contributed by atoms with Crippen molar-refractivity contribution in [3.63, 3.8) is 0 Å². The van der Waals surface area contributed by atoms with E-state index in [1.54, 1.807) is 12.1 Å². The smallest absolute Gasteiger partial charge is 0.335 e. The summed E-state index contributed by atoms with van der Waals surface area (Å²) in [6.45, 7) is 2.17. The normalized spacial score (nSPS) is 22.2. The van der Waals surface area contributed by atoms with Crippen molar-refractivity contribution in [3.05, 3.63) is 34.9 Å². The number of nitrogens with zero attached hydrogens (tertiary/aromatic N) is 1. The van der Waals surface area contributed by atoms with Crippen LogP contribution in [0.4, 0.5) is 0 Å². The van der Waals surface area contributed by atoms with Crippen LogP contribution >= 0.6 is 0 Å². The van der Waals surface area contributed by atoms with Gasteiger partial charge in [0.15, 0.2) is 0 Å². The standard InChI is InChI=1S/C12H12N2O3/c15-11-8-2-1-7(12(16)17)5-9(8)10-6-13-3-4-14(10)11/h1-2,5,10,13H,3-4,6H2,(H,16,17). The summed E-state index contributed by atoms with van der Waals surface area (Å²) in [6, 6.07) is 4.72. The summed E-state index contributed by atoms with van der Waals surface area (Å²) in [5.74, 6) is -0.939. The van der Waals surface area contributed by atoms with Gasteiger partial charge in [0.1, 0.15) is 0 Å². The quantitative estimate of drug-likeness (QED) is 0.739. The van der Waals surface area contributed by atoms with Crippen LogP contribution in [-0.2, 0) is 0 Å². The lowest BCUT2D eigenvalue weighted by Crippen LogP contribution is -2.44. The maximum absolute atomic E-state index is 12.1. The highest BCUT2D eigenvalue weighted by Gasteiger charge is 2.38. The number of carboxylic acid groups (broad SMARTS) is 1. The third-order valence-corrected chi connectivity index (χ3v) is 3.39. The van der Waals surface area contributed by atoms with Crippen molar-refractivity contribution in [2.45, 2.75) is 6.04 Å². The van der Waals surface area contributed by atoms with Gasteiger partial charge < -0.3 is 15.3 Å². The lowest BCUT2D eigenvalue weighted by Gasteiger charge is -2.30. The average Bonchev–Trinajstić information content (AvgIpc) is 2.64. The number of carbonyl (C=O) groups is 2. The molecule has 2 heterocycles. The number of carboxylic acids is 1. The molecule has 5 heteroatoms. The fraction of sp³-hybridized carbons (Fsp3) is 0.333. The molecule has 1 unspecified atom stereocenters. The molecule has 2 aliphatic rings. The van der Waals surface area contributed by atoms with Gasteiger partial charge in [0.25, 0.3) is 5.91 Å². The van der Waals surface area contributed by atoms with Gasteiger partial charge in [-0.2, -0.15) is 0 Å². The Morgan fingerprint density at radius 3 is 3.06 bits per heavy atom. The highest BCUT2D eigenvalue weighted by molar-refractivity contribution is 6.00. The molecule has 1 atom stereocenters. The number of nitrogens with one attached hydrogen (secondary N) is 1. The first-order valence-corrected chi connectivity index (χ1v) is 5.57. The molecular weight excluding hydrogens is 220 g/mol. The summed E-state index contributed by atoms with van der Waals surface area (Å²) in [6.07, 6.45) is 0. The monoisotopic (exact) mass is 232 g/mol. The number of aromatic carboxylic acids is 1. The Labute approximate surface area is 98.0 Å². The number of amides is 1. The zero-order valence-corrected chi connectivity index (χ0v) is 9.14. The van der Waals surface area contributed by atoms with Gasteiger partial charge in [-0.25, -0.2) is 4.79 Å². The van der Waals surface area contributed by atoms with E-state index >= 15 is 0 Å². The molecule has 0 bridgehead atoms. The molecule has 0 aromatic heterocycles. The number of hydrogen-bond donors (Lipinski definition) is 2. The van der Waals surface area contributed by atoms with E-state index in [-0.39, 0.29) is 17.5 Å². The van der Waals surface area contributed by atoms with Crippen molar-refractivity contribution < 1.29 is 14.7 Å². The Bertz CT molecular complexity index is 512. The number of carbonyl (C=O) groups excluding carboxylic acids is 1. The molecule has 0 radical (unpaired) electrons. The van der Waals surface area contributed by atoms with Gasteiger partial charge in [-0.3, -0.25) is 4.79 Å². The molecule has 0 saturated carbocycles. The molecule has 3 rings (SSSR count). The molecule has 17 heavy (non-hydrogen) atoms. The predicted octanol–water partition coefficient (Wildman–Crippen LogP) is 0.485. The van der Waals surface area contributed by atoms with Crippen molar-refractivity contribution >= 4 is 11.9 Å². The lowest BCUT2D eigenvalue weighted by atomic mass is 10.0. The number of benzene rings is 1. The van der Waals surface area contributed by atoms with E-state index in [2.05, 4.69) is 5.32 Å². The molecule has 1 aromatic carbocycles. The second-order valence-corrected chi connectivity index (χ2v) is 4.33. The van der Waals surface area contributed by atoms with Crippen LogP contribution in [0.2, 0.25) is 0 Å². The summed E-state index contributed by atoms with van der Waals surface area (Å²) in [5.41, 5.74) is 1.72.